The van der Waals surface area contributed by atoms with E-state index in [1.165, 1.54) is 43.4 Å². The van der Waals surface area contributed by atoms with Crippen molar-refractivity contribution in [1.82, 2.24) is 9.55 Å². The lowest BCUT2D eigenvalue weighted by molar-refractivity contribution is 0.00619. The Bertz CT molecular complexity index is 579. The quantitative estimate of drug-likeness (QED) is 0.840. The third kappa shape index (κ3) is 2.16. The molecule has 1 saturated heterocycles. The maximum absolute atomic E-state index is 5.91. The van der Waals surface area contributed by atoms with Crippen molar-refractivity contribution >= 4 is 11.0 Å². The Hall–Kier alpha value is -1.35. The van der Waals surface area contributed by atoms with Crippen molar-refractivity contribution in [2.24, 2.45) is 0 Å². The average molecular weight is 256 g/mol. The Balaban J connectivity index is 1.71. The van der Waals surface area contributed by atoms with E-state index >= 15 is 0 Å². The highest BCUT2D eigenvalue weighted by molar-refractivity contribution is 5.76. The van der Waals surface area contributed by atoms with Gasteiger partial charge in [0.05, 0.1) is 23.7 Å². The van der Waals surface area contributed by atoms with Gasteiger partial charge in [-0.25, -0.2) is 4.98 Å². The second kappa shape index (κ2) is 4.64. The number of hydrogen-bond donors (Lipinski definition) is 0. The van der Waals surface area contributed by atoms with Gasteiger partial charge in [0.2, 0.25) is 0 Å². The lowest BCUT2D eigenvalue weighted by atomic mass is 10.1. The normalized spacial score (nSPS) is 23.9. The minimum absolute atomic E-state index is 0.379. The molecular formula is C16H20N2O. The zero-order valence-corrected chi connectivity index (χ0v) is 11.2. The van der Waals surface area contributed by atoms with Crippen molar-refractivity contribution in [3.05, 3.63) is 30.1 Å². The molecule has 3 nitrogen and oxygen atoms in total. The molecular weight excluding hydrogens is 236 g/mol. The Morgan fingerprint density at radius 1 is 1.16 bits per heavy atom. The first-order valence-corrected chi connectivity index (χ1v) is 7.48. The van der Waals surface area contributed by atoms with Gasteiger partial charge < -0.3 is 9.30 Å². The predicted octanol–water partition coefficient (Wildman–Crippen LogP) is 3.48. The Kier molecular flexibility index (Phi) is 2.80. The number of nitrogens with zero attached hydrogens (tertiary/aromatic N) is 2. The molecule has 1 atom stereocenters. The fraction of sp³-hybridized carbons (Fsp3) is 0.562. The van der Waals surface area contributed by atoms with E-state index < -0.39 is 0 Å². The zero-order valence-electron chi connectivity index (χ0n) is 11.2. The molecule has 2 aromatic rings. The van der Waals surface area contributed by atoms with Crippen LogP contribution in [0.25, 0.3) is 11.0 Å². The summed E-state index contributed by atoms with van der Waals surface area (Å²) in [6.45, 7) is 1.91. The molecule has 1 unspecified atom stereocenters. The summed E-state index contributed by atoms with van der Waals surface area (Å²) in [4.78, 5) is 4.85. The molecule has 1 aromatic carbocycles. The number of fused-ring (bicyclic) bond motifs is 1. The lowest BCUT2D eigenvalue weighted by Gasteiger charge is -2.24. The Morgan fingerprint density at radius 2 is 2.05 bits per heavy atom. The summed E-state index contributed by atoms with van der Waals surface area (Å²) in [5.41, 5.74) is 2.42. The third-order valence-electron chi connectivity index (χ3n) is 4.29. The number of hydrogen-bond acceptors (Lipinski definition) is 2. The van der Waals surface area contributed by atoms with Crippen molar-refractivity contribution in [3.63, 3.8) is 0 Å². The van der Waals surface area contributed by atoms with Crippen molar-refractivity contribution in [2.75, 3.05) is 6.61 Å². The molecule has 0 bridgehead atoms. The Morgan fingerprint density at radius 3 is 2.84 bits per heavy atom. The number of ether oxygens (including phenoxy) is 1. The molecule has 2 fully saturated rings. The van der Waals surface area contributed by atoms with E-state index in [1.54, 1.807) is 0 Å². The van der Waals surface area contributed by atoms with Crippen LogP contribution in [0.4, 0.5) is 0 Å². The van der Waals surface area contributed by atoms with Crippen LogP contribution >= 0.6 is 0 Å². The molecule has 2 heterocycles. The minimum Gasteiger partial charge on any atom is -0.376 e. The van der Waals surface area contributed by atoms with Crippen LogP contribution in [0.1, 0.15) is 43.8 Å². The van der Waals surface area contributed by atoms with Crippen LogP contribution in [0.15, 0.2) is 24.3 Å². The smallest absolute Gasteiger partial charge is 0.113 e. The molecule has 1 aliphatic heterocycles. The SMILES string of the molecule is c1ccc2c(c1)nc(C1CC1)n2CC1CCCCO1. The van der Waals surface area contributed by atoms with E-state index in [1.807, 2.05) is 0 Å². The van der Waals surface area contributed by atoms with Crippen LogP contribution in [0.2, 0.25) is 0 Å². The topological polar surface area (TPSA) is 27.1 Å². The molecule has 1 aliphatic carbocycles. The highest BCUT2D eigenvalue weighted by atomic mass is 16.5. The van der Waals surface area contributed by atoms with Crippen molar-refractivity contribution < 1.29 is 4.74 Å². The predicted molar refractivity (Wildman–Crippen MR) is 75.3 cm³/mol. The third-order valence-corrected chi connectivity index (χ3v) is 4.29. The molecule has 19 heavy (non-hydrogen) atoms. The summed E-state index contributed by atoms with van der Waals surface area (Å²) < 4.78 is 8.33. The number of benzene rings is 1. The first-order valence-electron chi connectivity index (χ1n) is 7.48. The van der Waals surface area contributed by atoms with E-state index in [2.05, 4.69) is 28.8 Å². The largest absolute Gasteiger partial charge is 0.376 e. The van der Waals surface area contributed by atoms with Crippen molar-refractivity contribution in [1.29, 1.82) is 0 Å². The van der Waals surface area contributed by atoms with E-state index in [-0.39, 0.29) is 0 Å². The van der Waals surface area contributed by atoms with E-state index in [0.717, 1.165) is 18.7 Å². The lowest BCUT2D eigenvalue weighted by Crippen LogP contribution is -2.25. The van der Waals surface area contributed by atoms with Gasteiger partial charge in [-0.15, -0.1) is 0 Å². The van der Waals surface area contributed by atoms with Crippen LogP contribution in [-0.4, -0.2) is 22.3 Å². The summed E-state index contributed by atoms with van der Waals surface area (Å²) in [6, 6.07) is 8.50. The standard InChI is InChI=1S/C16H20N2O/c1-2-7-15-14(6-1)17-16(12-8-9-12)18(15)11-13-5-3-4-10-19-13/h1-2,6-7,12-13H,3-5,8-11H2. The van der Waals surface area contributed by atoms with E-state index in [4.69, 9.17) is 9.72 Å². The first kappa shape index (κ1) is 11.5. The fourth-order valence-corrected chi connectivity index (χ4v) is 3.09. The minimum atomic E-state index is 0.379. The van der Waals surface area contributed by atoms with Crippen molar-refractivity contribution in [2.45, 2.75) is 50.7 Å². The van der Waals surface area contributed by atoms with E-state index in [9.17, 15) is 0 Å². The fourth-order valence-electron chi connectivity index (χ4n) is 3.09. The summed E-state index contributed by atoms with van der Waals surface area (Å²) in [5, 5.41) is 0. The molecule has 2 aliphatic rings. The molecule has 0 radical (unpaired) electrons. The Labute approximate surface area is 113 Å². The summed E-state index contributed by atoms with van der Waals surface area (Å²) >= 11 is 0. The van der Waals surface area contributed by atoms with Gasteiger partial charge in [-0.2, -0.15) is 0 Å². The number of aromatic nitrogens is 2. The van der Waals surface area contributed by atoms with Gasteiger partial charge in [0.15, 0.2) is 0 Å². The van der Waals surface area contributed by atoms with Crippen LogP contribution < -0.4 is 0 Å². The first-order chi connectivity index (χ1) is 9.42. The molecule has 3 heteroatoms. The maximum atomic E-state index is 5.91. The summed E-state index contributed by atoms with van der Waals surface area (Å²) in [6.07, 6.45) is 6.69. The molecule has 1 saturated carbocycles. The monoisotopic (exact) mass is 256 g/mol. The number of rotatable bonds is 3. The molecule has 1 aromatic heterocycles. The van der Waals surface area contributed by atoms with Crippen LogP contribution in [0.5, 0.6) is 0 Å². The summed E-state index contributed by atoms with van der Waals surface area (Å²) in [5.74, 6) is 1.98. The molecule has 0 spiro atoms. The molecule has 0 N–H and O–H groups in total. The maximum Gasteiger partial charge on any atom is 0.113 e. The van der Waals surface area contributed by atoms with Gasteiger partial charge in [-0.05, 0) is 44.2 Å². The number of imidazole rings is 1. The second-order valence-corrected chi connectivity index (χ2v) is 5.83. The van der Waals surface area contributed by atoms with Gasteiger partial charge in [-0.1, -0.05) is 12.1 Å². The molecule has 0 amide bonds. The van der Waals surface area contributed by atoms with Crippen LogP contribution in [0, 0.1) is 0 Å². The van der Waals surface area contributed by atoms with E-state index in [0.29, 0.717) is 12.0 Å². The second-order valence-electron chi connectivity index (χ2n) is 5.83. The van der Waals surface area contributed by atoms with Gasteiger partial charge in [-0.3, -0.25) is 0 Å². The van der Waals surface area contributed by atoms with Crippen molar-refractivity contribution in [3.8, 4) is 0 Å². The average Bonchev–Trinajstić information content (AvgIpc) is 3.24. The zero-order chi connectivity index (χ0) is 12.7. The van der Waals surface area contributed by atoms with Gasteiger partial charge in [0.25, 0.3) is 0 Å². The highest BCUT2D eigenvalue weighted by Gasteiger charge is 2.30. The molecule has 100 valence electrons. The van der Waals surface area contributed by atoms with Crippen LogP contribution in [-0.2, 0) is 11.3 Å². The van der Waals surface area contributed by atoms with Crippen LogP contribution in [0.3, 0.4) is 0 Å². The van der Waals surface area contributed by atoms with Gasteiger partial charge in [0.1, 0.15) is 5.82 Å². The van der Waals surface area contributed by atoms with Gasteiger partial charge >= 0.3 is 0 Å². The summed E-state index contributed by atoms with van der Waals surface area (Å²) in [7, 11) is 0. The number of para-hydroxylation sites is 2. The molecule has 4 rings (SSSR count). The highest BCUT2D eigenvalue weighted by Crippen LogP contribution is 2.40. The van der Waals surface area contributed by atoms with Gasteiger partial charge in [0, 0.05) is 12.5 Å².